The summed E-state index contributed by atoms with van der Waals surface area (Å²) in [6, 6.07) is 10.5. The summed E-state index contributed by atoms with van der Waals surface area (Å²) in [5, 5.41) is 7.76. The molecular weight excluding hydrogens is 390 g/mol. The van der Waals surface area contributed by atoms with Gasteiger partial charge in [-0.1, -0.05) is 12.1 Å². The molecule has 4 rings (SSSR count). The molecule has 0 bridgehead atoms. The highest BCUT2D eigenvalue weighted by Crippen LogP contribution is 2.39. The zero-order valence-corrected chi connectivity index (χ0v) is 16.6. The molecule has 0 aliphatic rings. The maximum Gasteiger partial charge on any atom is 0.352 e. The van der Waals surface area contributed by atoms with Gasteiger partial charge in [0.05, 0.1) is 26.8 Å². The Bertz CT molecular complexity index is 1290. The van der Waals surface area contributed by atoms with Crippen LogP contribution in [0.1, 0.15) is 0 Å². The van der Waals surface area contributed by atoms with Gasteiger partial charge in [-0.3, -0.25) is 4.79 Å². The standard InChI is InChI=1S/C20H19N5O5/c1-28-15-8-12(9-16(29-2)18(15)30-3)22-17(26)10-25-20(27)24-11-21-14-7-5-4-6-13(14)19(24)23-25/h4-9,11H,10H2,1-3H3,(H,22,26). The molecule has 0 spiro atoms. The van der Waals surface area contributed by atoms with Crippen molar-refractivity contribution in [2.75, 3.05) is 26.6 Å². The second-order valence-electron chi connectivity index (χ2n) is 6.36. The van der Waals surface area contributed by atoms with Crippen LogP contribution in [0.2, 0.25) is 0 Å². The van der Waals surface area contributed by atoms with Gasteiger partial charge in [-0.2, -0.15) is 0 Å². The molecule has 2 aromatic heterocycles. The van der Waals surface area contributed by atoms with E-state index in [4.69, 9.17) is 14.2 Å². The van der Waals surface area contributed by atoms with Crippen molar-refractivity contribution in [1.82, 2.24) is 19.2 Å². The topological polar surface area (TPSA) is 109 Å². The molecule has 0 aliphatic carbocycles. The Morgan fingerprint density at radius 3 is 2.43 bits per heavy atom. The van der Waals surface area contributed by atoms with E-state index in [1.54, 1.807) is 12.1 Å². The number of carbonyl (C=O) groups is 1. The molecule has 0 saturated heterocycles. The van der Waals surface area contributed by atoms with Crippen molar-refractivity contribution < 1.29 is 19.0 Å². The number of benzene rings is 2. The number of ether oxygens (including phenoxy) is 3. The molecule has 0 unspecified atom stereocenters. The molecule has 0 atom stereocenters. The monoisotopic (exact) mass is 409 g/mol. The van der Waals surface area contributed by atoms with Crippen molar-refractivity contribution in [3.63, 3.8) is 0 Å². The molecule has 0 radical (unpaired) electrons. The summed E-state index contributed by atoms with van der Waals surface area (Å²) in [5.74, 6) is 0.769. The predicted molar refractivity (Wildman–Crippen MR) is 109 cm³/mol. The third-order valence-corrected chi connectivity index (χ3v) is 4.57. The zero-order chi connectivity index (χ0) is 21.3. The Morgan fingerprint density at radius 1 is 1.07 bits per heavy atom. The quantitative estimate of drug-likeness (QED) is 0.516. The maximum absolute atomic E-state index is 12.6. The summed E-state index contributed by atoms with van der Waals surface area (Å²) in [4.78, 5) is 29.5. The van der Waals surface area contributed by atoms with Crippen LogP contribution in [0.15, 0.2) is 47.5 Å². The lowest BCUT2D eigenvalue weighted by atomic mass is 10.2. The van der Waals surface area contributed by atoms with Crippen molar-refractivity contribution in [1.29, 1.82) is 0 Å². The van der Waals surface area contributed by atoms with Crippen LogP contribution in [0.25, 0.3) is 16.6 Å². The van der Waals surface area contributed by atoms with Crippen LogP contribution in [0.5, 0.6) is 17.2 Å². The number of methoxy groups -OCH3 is 3. The summed E-state index contributed by atoms with van der Waals surface area (Å²) in [6.45, 7) is -0.272. The van der Waals surface area contributed by atoms with Crippen LogP contribution in [-0.4, -0.2) is 46.4 Å². The Hall–Kier alpha value is -4.08. The summed E-state index contributed by atoms with van der Waals surface area (Å²) in [7, 11) is 4.46. The fourth-order valence-corrected chi connectivity index (χ4v) is 3.20. The normalized spacial score (nSPS) is 10.9. The maximum atomic E-state index is 12.6. The lowest BCUT2D eigenvalue weighted by Crippen LogP contribution is -2.28. The van der Waals surface area contributed by atoms with E-state index in [9.17, 15) is 9.59 Å². The van der Waals surface area contributed by atoms with Gasteiger partial charge in [0.15, 0.2) is 17.1 Å². The minimum absolute atomic E-state index is 0.272. The van der Waals surface area contributed by atoms with Crippen molar-refractivity contribution in [2.45, 2.75) is 6.54 Å². The Morgan fingerprint density at radius 2 is 1.77 bits per heavy atom. The van der Waals surface area contributed by atoms with E-state index in [1.165, 1.54) is 32.1 Å². The summed E-state index contributed by atoms with van der Waals surface area (Å²) in [6.07, 6.45) is 1.40. The van der Waals surface area contributed by atoms with Crippen LogP contribution in [0.4, 0.5) is 5.69 Å². The molecule has 1 amide bonds. The molecule has 10 nitrogen and oxygen atoms in total. The number of aromatic nitrogens is 4. The van der Waals surface area contributed by atoms with Gasteiger partial charge in [-0.15, -0.1) is 5.10 Å². The van der Waals surface area contributed by atoms with Gasteiger partial charge in [-0.05, 0) is 12.1 Å². The van der Waals surface area contributed by atoms with Crippen molar-refractivity contribution >= 4 is 28.1 Å². The second-order valence-corrected chi connectivity index (χ2v) is 6.36. The molecule has 30 heavy (non-hydrogen) atoms. The fourth-order valence-electron chi connectivity index (χ4n) is 3.20. The first-order valence-electron chi connectivity index (χ1n) is 8.98. The van der Waals surface area contributed by atoms with E-state index >= 15 is 0 Å². The zero-order valence-electron chi connectivity index (χ0n) is 16.6. The number of para-hydroxylation sites is 1. The number of rotatable bonds is 6. The van der Waals surface area contributed by atoms with Gasteiger partial charge in [0.2, 0.25) is 11.7 Å². The summed E-state index contributed by atoms with van der Waals surface area (Å²) < 4.78 is 18.3. The van der Waals surface area contributed by atoms with Crippen LogP contribution in [-0.2, 0) is 11.3 Å². The third kappa shape index (κ3) is 3.28. The van der Waals surface area contributed by atoms with Crippen LogP contribution >= 0.6 is 0 Å². The minimum atomic E-state index is -0.455. The number of nitrogens with one attached hydrogen (secondary N) is 1. The number of hydrogen-bond donors (Lipinski definition) is 1. The average molecular weight is 409 g/mol. The predicted octanol–water partition coefficient (Wildman–Crippen LogP) is 1.71. The van der Waals surface area contributed by atoms with Crippen molar-refractivity contribution in [2.24, 2.45) is 0 Å². The van der Waals surface area contributed by atoms with E-state index in [0.29, 0.717) is 34.1 Å². The minimum Gasteiger partial charge on any atom is -0.493 e. The lowest BCUT2D eigenvalue weighted by Gasteiger charge is -2.14. The Labute approximate surface area is 170 Å². The first-order valence-corrected chi connectivity index (χ1v) is 8.98. The van der Waals surface area contributed by atoms with Gasteiger partial charge in [0, 0.05) is 23.2 Å². The number of amides is 1. The van der Waals surface area contributed by atoms with E-state index in [1.807, 2.05) is 24.3 Å². The Kier molecular flexibility index (Phi) is 4.97. The molecule has 4 aromatic rings. The number of nitrogens with zero attached hydrogens (tertiary/aromatic N) is 4. The molecule has 0 saturated carbocycles. The van der Waals surface area contributed by atoms with E-state index in [2.05, 4.69) is 15.4 Å². The van der Waals surface area contributed by atoms with Crippen LogP contribution in [0, 0.1) is 0 Å². The molecule has 10 heteroatoms. The first-order chi connectivity index (χ1) is 14.5. The largest absolute Gasteiger partial charge is 0.493 e. The molecule has 2 aromatic carbocycles. The third-order valence-electron chi connectivity index (χ3n) is 4.57. The highest BCUT2D eigenvalue weighted by atomic mass is 16.5. The Balaban J connectivity index is 1.63. The highest BCUT2D eigenvalue weighted by Gasteiger charge is 2.17. The van der Waals surface area contributed by atoms with Gasteiger partial charge < -0.3 is 19.5 Å². The van der Waals surface area contributed by atoms with Crippen LogP contribution < -0.4 is 25.2 Å². The SMILES string of the molecule is COc1cc(NC(=O)Cn2nc3c4ccccc4ncn3c2=O)cc(OC)c1OC. The molecule has 0 aliphatic heterocycles. The van der Waals surface area contributed by atoms with Crippen LogP contribution in [0.3, 0.4) is 0 Å². The molecule has 1 N–H and O–H groups in total. The first kappa shape index (κ1) is 19.2. The molecular formula is C20H19N5O5. The molecule has 0 fully saturated rings. The van der Waals surface area contributed by atoms with E-state index < -0.39 is 11.6 Å². The number of hydrogen-bond acceptors (Lipinski definition) is 7. The average Bonchev–Trinajstić information content (AvgIpc) is 3.08. The highest BCUT2D eigenvalue weighted by molar-refractivity contribution is 5.92. The van der Waals surface area contributed by atoms with Gasteiger partial charge >= 0.3 is 5.69 Å². The van der Waals surface area contributed by atoms with Gasteiger partial charge in [-0.25, -0.2) is 18.9 Å². The van der Waals surface area contributed by atoms with E-state index in [-0.39, 0.29) is 6.54 Å². The van der Waals surface area contributed by atoms with Crippen molar-refractivity contribution in [3.05, 3.63) is 53.2 Å². The van der Waals surface area contributed by atoms with E-state index in [0.717, 1.165) is 10.1 Å². The van der Waals surface area contributed by atoms with Gasteiger partial charge in [0.25, 0.3) is 0 Å². The molecule has 2 heterocycles. The number of anilines is 1. The second kappa shape index (κ2) is 7.74. The fraction of sp³-hybridized carbons (Fsp3) is 0.200. The summed E-state index contributed by atoms with van der Waals surface area (Å²) in [5.41, 5.74) is 1.12. The van der Waals surface area contributed by atoms with Gasteiger partial charge in [0.1, 0.15) is 12.9 Å². The summed E-state index contributed by atoms with van der Waals surface area (Å²) >= 11 is 0. The lowest BCUT2D eigenvalue weighted by molar-refractivity contribution is -0.117. The van der Waals surface area contributed by atoms with Crippen molar-refractivity contribution in [3.8, 4) is 17.2 Å². The number of fused-ring (bicyclic) bond motifs is 3. The number of carbonyl (C=O) groups excluding carboxylic acids is 1. The smallest absolute Gasteiger partial charge is 0.352 e. The molecule has 154 valence electrons.